The lowest BCUT2D eigenvalue weighted by Crippen LogP contribution is -2.51. The van der Waals surface area contributed by atoms with E-state index in [0.717, 1.165) is 16.6 Å². The number of cyclic esters (lactones) is 1. The number of hydrogen-bond acceptors (Lipinski definition) is 6. The van der Waals surface area contributed by atoms with E-state index >= 15 is 4.39 Å². The first-order valence-electron chi connectivity index (χ1n) is 10.9. The molecular formula is C23H25FN6O3. The van der Waals surface area contributed by atoms with Gasteiger partial charge in [0.05, 0.1) is 25.2 Å². The molecule has 1 aromatic heterocycles. The number of nitrogens with one attached hydrogen (secondary N) is 2. The molecule has 2 aromatic carbocycles. The second-order valence-electron chi connectivity index (χ2n) is 8.24. The number of halogens is 1. The minimum Gasteiger partial charge on any atom is -0.442 e. The molecule has 2 aliphatic heterocycles. The lowest BCUT2D eigenvalue weighted by Gasteiger charge is -2.39. The number of ether oxygens (including phenoxy) is 1. The Kier molecular flexibility index (Phi) is 5.49. The van der Waals surface area contributed by atoms with Crippen LogP contribution in [0.15, 0.2) is 48.5 Å². The van der Waals surface area contributed by atoms with E-state index < -0.39 is 12.4 Å². The van der Waals surface area contributed by atoms with Crippen molar-refractivity contribution in [1.82, 2.24) is 15.5 Å². The summed E-state index contributed by atoms with van der Waals surface area (Å²) in [5.41, 5.74) is 2.47. The molecule has 0 spiro atoms. The van der Waals surface area contributed by atoms with Gasteiger partial charge in [-0.2, -0.15) is 5.10 Å². The van der Waals surface area contributed by atoms with Crippen LogP contribution in [0.2, 0.25) is 0 Å². The zero-order chi connectivity index (χ0) is 22.9. The Labute approximate surface area is 190 Å². The number of aromatic amines is 1. The van der Waals surface area contributed by atoms with Crippen molar-refractivity contribution in [1.29, 1.82) is 0 Å². The number of hydrogen-bond donors (Lipinski definition) is 2. The first-order chi connectivity index (χ1) is 16.0. The number of amides is 2. The number of benzene rings is 2. The van der Waals surface area contributed by atoms with Gasteiger partial charge in [-0.3, -0.25) is 14.8 Å². The molecule has 0 saturated carbocycles. The number of rotatable bonds is 5. The third-order valence-electron chi connectivity index (χ3n) is 6.02. The van der Waals surface area contributed by atoms with Crippen LogP contribution in [0.5, 0.6) is 0 Å². The number of anilines is 3. The van der Waals surface area contributed by atoms with E-state index in [1.165, 1.54) is 11.8 Å². The van der Waals surface area contributed by atoms with Crippen molar-refractivity contribution in [3.8, 4) is 0 Å². The number of fused-ring (bicyclic) bond motifs is 1. The number of para-hydroxylation sites is 1. The molecule has 5 rings (SSSR count). The SMILES string of the molecule is CC(=O)NCC1CN(c2ccc(N3CCN(c4n[nH]c5ccccc45)C(F)C3)cc2)C(=O)O1. The normalized spacial score (nSPS) is 20.9. The summed E-state index contributed by atoms with van der Waals surface area (Å²) in [5.74, 6) is 0.468. The van der Waals surface area contributed by atoms with Crippen LogP contribution in [0.3, 0.4) is 0 Å². The second-order valence-corrected chi connectivity index (χ2v) is 8.24. The summed E-state index contributed by atoms with van der Waals surface area (Å²) in [5, 5.41) is 10.9. The Bertz CT molecular complexity index is 1170. The molecule has 2 atom stereocenters. The van der Waals surface area contributed by atoms with Gasteiger partial charge >= 0.3 is 6.09 Å². The largest absolute Gasteiger partial charge is 0.442 e. The number of nitrogens with zero attached hydrogens (tertiary/aromatic N) is 4. The van der Waals surface area contributed by atoms with Crippen LogP contribution >= 0.6 is 0 Å². The van der Waals surface area contributed by atoms with E-state index in [4.69, 9.17) is 4.74 Å². The number of carbonyl (C=O) groups is 2. The molecule has 0 radical (unpaired) electrons. The highest BCUT2D eigenvalue weighted by atomic mass is 19.1. The molecule has 2 aliphatic rings. The highest BCUT2D eigenvalue weighted by Crippen LogP contribution is 2.30. The zero-order valence-electron chi connectivity index (χ0n) is 18.2. The molecule has 3 aromatic rings. The predicted octanol–water partition coefficient (Wildman–Crippen LogP) is 2.65. The van der Waals surface area contributed by atoms with Gasteiger partial charge in [-0.15, -0.1) is 0 Å². The van der Waals surface area contributed by atoms with Crippen molar-refractivity contribution in [2.45, 2.75) is 19.3 Å². The lowest BCUT2D eigenvalue weighted by atomic mass is 10.2. The maximum Gasteiger partial charge on any atom is 0.414 e. The average Bonchev–Trinajstić information content (AvgIpc) is 3.41. The molecule has 0 bridgehead atoms. The van der Waals surface area contributed by atoms with Crippen LogP contribution in [0.25, 0.3) is 10.9 Å². The van der Waals surface area contributed by atoms with Crippen molar-refractivity contribution in [2.24, 2.45) is 0 Å². The van der Waals surface area contributed by atoms with Gasteiger partial charge in [0.1, 0.15) is 6.10 Å². The fraction of sp³-hybridized carbons (Fsp3) is 0.348. The van der Waals surface area contributed by atoms with Crippen molar-refractivity contribution in [3.05, 3.63) is 48.5 Å². The summed E-state index contributed by atoms with van der Waals surface area (Å²) in [7, 11) is 0. The molecule has 2 amide bonds. The van der Waals surface area contributed by atoms with Crippen LogP contribution in [0.4, 0.5) is 26.4 Å². The Balaban J connectivity index is 1.23. The zero-order valence-corrected chi connectivity index (χ0v) is 18.2. The van der Waals surface area contributed by atoms with Gasteiger partial charge in [-0.05, 0) is 36.4 Å². The summed E-state index contributed by atoms with van der Waals surface area (Å²) >= 11 is 0. The molecule has 2 saturated heterocycles. The molecule has 3 heterocycles. The molecule has 2 unspecified atom stereocenters. The lowest BCUT2D eigenvalue weighted by molar-refractivity contribution is -0.119. The van der Waals surface area contributed by atoms with Gasteiger partial charge in [-0.25, -0.2) is 9.18 Å². The topological polar surface area (TPSA) is 93.8 Å². The highest BCUT2D eigenvalue weighted by molar-refractivity contribution is 5.91. The molecular weight excluding hydrogens is 427 g/mol. The monoisotopic (exact) mass is 452 g/mol. The van der Waals surface area contributed by atoms with Gasteiger partial charge in [-0.1, -0.05) is 12.1 Å². The Morgan fingerprint density at radius 1 is 1.15 bits per heavy atom. The number of aromatic nitrogens is 2. The van der Waals surface area contributed by atoms with Crippen LogP contribution in [-0.2, 0) is 9.53 Å². The smallest absolute Gasteiger partial charge is 0.414 e. The predicted molar refractivity (Wildman–Crippen MR) is 123 cm³/mol. The van der Waals surface area contributed by atoms with Crippen molar-refractivity contribution < 1.29 is 18.7 Å². The third-order valence-corrected chi connectivity index (χ3v) is 6.02. The quantitative estimate of drug-likeness (QED) is 0.578. The first-order valence-corrected chi connectivity index (χ1v) is 10.9. The summed E-state index contributed by atoms with van der Waals surface area (Å²) in [4.78, 5) is 28.5. The van der Waals surface area contributed by atoms with Gasteiger partial charge < -0.3 is 19.9 Å². The maximum atomic E-state index is 15.2. The fourth-order valence-corrected chi connectivity index (χ4v) is 4.32. The van der Waals surface area contributed by atoms with Crippen LogP contribution < -0.4 is 20.0 Å². The number of alkyl halides is 1. The van der Waals surface area contributed by atoms with Gasteiger partial charge in [0, 0.05) is 36.8 Å². The fourth-order valence-electron chi connectivity index (χ4n) is 4.32. The first kappa shape index (κ1) is 21.0. The van der Waals surface area contributed by atoms with Crippen LogP contribution in [0.1, 0.15) is 6.92 Å². The highest BCUT2D eigenvalue weighted by Gasteiger charge is 2.33. The summed E-state index contributed by atoms with van der Waals surface area (Å²) < 4.78 is 20.5. The minimum absolute atomic E-state index is 0.166. The Morgan fingerprint density at radius 3 is 2.67 bits per heavy atom. The Hall–Kier alpha value is -3.82. The van der Waals surface area contributed by atoms with Crippen molar-refractivity contribution in [3.63, 3.8) is 0 Å². The van der Waals surface area contributed by atoms with Gasteiger partial charge in [0.15, 0.2) is 12.1 Å². The third kappa shape index (κ3) is 4.15. The molecule has 2 fully saturated rings. The van der Waals surface area contributed by atoms with Gasteiger partial charge in [0.2, 0.25) is 5.91 Å². The Morgan fingerprint density at radius 2 is 1.91 bits per heavy atom. The summed E-state index contributed by atoms with van der Waals surface area (Å²) in [6.45, 7) is 3.42. The number of piperazine rings is 1. The van der Waals surface area contributed by atoms with E-state index in [9.17, 15) is 9.59 Å². The van der Waals surface area contributed by atoms with Crippen molar-refractivity contribution in [2.75, 3.05) is 47.4 Å². The second kappa shape index (κ2) is 8.61. The average molecular weight is 452 g/mol. The van der Waals surface area contributed by atoms with E-state index in [-0.39, 0.29) is 25.1 Å². The minimum atomic E-state index is -1.20. The van der Waals surface area contributed by atoms with E-state index in [2.05, 4.69) is 15.5 Å². The standard InChI is InChI=1S/C23H25FN6O3/c1-15(31)25-12-18-13-30(23(32)33-18)17-8-6-16(7-9-17)28-10-11-29(21(24)14-28)22-19-4-2-3-5-20(19)26-27-22/h2-9,18,21H,10-14H2,1H3,(H,25,31)(H,26,27). The van der Waals surface area contributed by atoms with E-state index in [1.807, 2.05) is 53.4 Å². The molecule has 9 nitrogen and oxygen atoms in total. The van der Waals surface area contributed by atoms with Crippen LogP contribution in [-0.4, -0.2) is 67.3 Å². The molecule has 0 aliphatic carbocycles. The summed E-state index contributed by atoms with van der Waals surface area (Å²) in [6.07, 6.45) is -2.03. The van der Waals surface area contributed by atoms with Gasteiger partial charge in [0.25, 0.3) is 0 Å². The van der Waals surface area contributed by atoms with Crippen LogP contribution in [0, 0.1) is 0 Å². The number of H-pyrrole nitrogens is 1. The molecule has 10 heteroatoms. The molecule has 33 heavy (non-hydrogen) atoms. The maximum absolute atomic E-state index is 15.2. The van der Waals surface area contributed by atoms with E-state index in [0.29, 0.717) is 31.1 Å². The molecule has 2 N–H and O–H groups in total. The van der Waals surface area contributed by atoms with Crippen molar-refractivity contribution >= 4 is 40.1 Å². The number of carbonyl (C=O) groups excluding carboxylic acids is 2. The molecule has 172 valence electrons. The summed E-state index contributed by atoms with van der Waals surface area (Å²) in [6, 6.07) is 15.1. The van der Waals surface area contributed by atoms with E-state index in [1.54, 1.807) is 4.90 Å².